The van der Waals surface area contributed by atoms with Gasteiger partial charge in [-0.2, -0.15) is 0 Å². The lowest BCUT2D eigenvalue weighted by Gasteiger charge is -2.17. The summed E-state index contributed by atoms with van der Waals surface area (Å²) in [6.07, 6.45) is 3.08. The van der Waals surface area contributed by atoms with E-state index in [-0.39, 0.29) is 6.04 Å². The van der Waals surface area contributed by atoms with Gasteiger partial charge in [0, 0.05) is 5.39 Å². The summed E-state index contributed by atoms with van der Waals surface area (Å²) in [5, 5.41) is 4.73. The monoisotopic (exact) mass is 257 g/mol. The van der Waals surface area contributed by atoms with Crippen molar-refractivity contribution in [2.45, 2.75) is 39.2 Å². The molecule has 19 heavy (non-hydrogen) atoms. The molecular formula is C17H23NO. The summed E-state index contributed by atoms with van der Waals surface area (Å²) < 4.78 is 5.97. The Bertz CT molecular complexity index is 508. The molecule has 2 nitrogen and oxygen atoms in total. The minimum atomic E-state index is 0.236. The normalized spacial score (nSPS) is 12.7. The van der Waals surface area contributed by atoms with E-state index in [0.29, 0.717) is 0 Å². The van der Waals surface area contributed by atoms with Crippen molar-refractivity contribution < 1.29 is 4.42 Å². The van der Waals surface area contributed by atoms with Gasteiger partial charge in [0.2, 0.25) is 0 Å². The number of benzene rings is 1. The summed E-state index contributed by atoms with van der Waals surface area (Å²) in [6.45, 7) is 9.45. The number of hydrogen-bond acceptors (Lipinski definition) is 2. The molecule has 2 heteroatoms. The molecule has 2 rings (SSSR count). The number of hydrogen-bond donors (Lipinski definition) is 1. The maximum atomic E-state index is 5.97. The van der Waals surface area contributed by atoms with Crippen molar-refractivity contribution in [3.05, 3.63) is 48.2 Å². The zero-order chi connectivity index (χ0) is 13.7. The Hall–Kier alpha value is -1.54. The summed E-state index contributed by atoms with van der Waals surface area (Å²) in [4.78, 5) is 0. The van der Waals surface area contributed by atoms with Gasteiger partial charge >= 0.3 is 0 Å². The molecule has 0 saturated heterocycles. The zero-order valence-electron chi connectivity index (χ0n) is 11.9. The number of rotatable bonds is 7. The first kappa shape index (κ1) is 13.9. The van der Waals surface area contributed by atoms with Crippen LogP contribution in [-0.4, -0.2) is 6.54 Å². The lowest BCUT2D eigenvalue weighted by Crippen LogP contribution is -2.22. The molecule has 0 radical (unpaired) electrons. The molecule has 1 N–H and O–H groups in total. The minimum absolute atomic E-state index is 0.236. The second-order valence-electron chi connectivity index (χ2n) is 5.00. The molecule has 0 saturated carbocycles. The zero-order valence-corrected chi connectivity index (χ0v) is 11.9. The maximum Gasteiger partial charge on any atom is 0.134 e. The van der Waals surface area contributed by atoms with Crippen LogP contribution >= 0.6 is 0 Å². The average molecular weight is 257 g/mol. The molecule has 0 fully saturated rings. The maximum absolute atomic E-state index is 5.97. The van der Waals surface area contributed by atoms with Crippen LogP contribution in [0.15, 0.2) is 46.9 Å². The van der Waals surface area contributed by atoms with Gasteiger partial charge in [-0.3, -0.25) is 0 Å². The Labute approximate surface area is 115 Å². The second kappa shape index (κ2) is 6.58. The quantitative estimate of drug-likeness (QED) is 0.719. The largest absolute Gasteiger partial charge is 0.459 e. The fraction of sp³-hybridized carbons (Fsp3) is 0.412. The van der Waals surface area contributed by atoms with E-state index in [1.54, 1.807) is 0 Å². The third-order valence-corrected chi connectivity index (χ3v) is 3.42. The molecule has 1 unspecified atom stereocenters. The van der Waals surface area contributed by atoms with E-state index in [4.69, 9.17) is 4.42 Å². The van der Waals surface area contributed by atoms with E-state index in [1.807, 2.05) is 18.2 Å². The molecule has 1 aromatic carbocycles. The molecule has 0 bridgehead atoms. The van der Waals surface area contributed by atoms with Crippen molar-refractivity contribution in [2.75, 3.05) is 6.54 Å². The minimum Gasteiger partial charge on any atom is -0.459 e. The molecule has 0 amide bonds. The van der Waals surface area contributed by atoms with E-state index < -0.39 is 0 Å². The van der Waals surface area contributed by atoms with Gasteiger partial charge in [-0.05, 0) is 37.9 Å². The van der Waals surface area contributed by atoms with E-state index in [1.165, 1.54) is 11.0 Å². The first-order chi connectivity index (χ1) is 9.24. The molecule has 1 aromatic heterocycles. The van der Waals surface area contributed by atoms with Crippen LogP contribution in [-0.2, 0) is 0 Å². The molecule has 0 aliphatic heterocycles. The van der Waals surface area contributed by atoms with Crippen LogP contribution in [0.1, 0.15) is 44.9 Å². The Kier molecular flexibility index (Phi) is 4.80. The number of fused-ring (bicyclic) bond motifs is 1. The predicted octanol–water partition coefficient (Wildman–Crippen LogP) is 4.83. The number of para-hydroxylation sites is 1. The van der Waals surface area contributed by atoms with Crippen molar-refractivity contribution >= 4 is 11.0 Å². The highest BCUT2D eigenvalue weighted by Gasteiger charge is 2.16. The number of furan rings is 1. The van der Waals surface area contributed by atoms with Crippen LogP contribution < -0.4 is 5.32 Å². The first-order valence-electron chi connectivity index (χ1n) is 7.13. The summed E-state index contributed by atoms with van der Waals surface area (Å²) in [7, 11) is 0. The van der Waals surface area contributed by atoms with Crippen molar-refractivity contribution in [3.63, 3.8) is 0 Å². The lowest BCUT2D eigenvalue weighted by molar-refractivity contribution is 0.425. The van der Waals surface area contributed by atoms with Crippen molar-refractivity contribution in [2.24, 2.45) is 0 Å². The topological polar surface area (TPSA) is 25.2 Å². The first-order valence-corrected chi connectivity index (χ1v) is 7.13. The Morgan fingerprint density at radius 3 is 2.79 bits per heavy atom. The van der Waals surface area contributed by atoms with Gasteiger partial charge in [-0.1, -0.05) is 44.2 Å². The highest BCUT2D eigenvalue weighted by molar-refractivity contribution is 5.77. The third-order valence-electron chi connectivity index (χ3n) is 3.42. The van der Waals surface area contributed by atoms with E-state index in [2.05, 4.69) is 37.9 Å². The van der Waals surface area contributed by atoms with E-state index >= 15 is 0 Å². The van der Waals surface area contributed by atoms with Crippen LogP contribution in [0, 0.1) is 0 Å². The summed E-state index contributed by atoms with van der Waals surface area (Å²) in [6, 6.07) is 10.5. The fourth-order valence-corrected chi connectivity index (χ4v) is 2.20. The predicted molar refractivity (Wildman–Crippen MR) is 81.3 cm³/mol. The summed E-state index contributed by atoms with van der Waals surface area (Å²) in [5.41, 5.74) is 2.22. The van der Waals surface area contributed by atoms with Gasteiger partial charge in [-0.15, -0.1) is 0 Å². The molecule has 0 spiro atoms. The van der Waals surface area contributed by atoms with Crippen LogP contribution in [0.2, 0.25) is 0 Å². The lowest BCUT2D eigenvalue weighted by atomic mass is 10.0. The van der Waals surface area contributed by atoms with Crippen LogP contribution in [0.4, 0.5) is 0 Å². The molecule has 1 atom stereocenters. The Morgan fingerprint density at radius 2 is 2.11 bits per heavy atom. The molecular weight excluding hydrogens is 234 g/mol. The van der Waals surface area contributed by atoms with Crippen LogP contribution in [0.5, 0.6) is 0 Å². The Balaban J connectivity index is 2.22. The molecule has 0 aliphatic carbocycles. The van der Waals surface area contributed by atoms with Crippen molar-refractivity contribution in [1.82, 2.24) is 5.32 Å². The van der Waals surface area contributed by atoms with Gasteiger partial charge in [0.05, 0.1) is 6.04 Å². The second-order valence-corrected chi connectivity index (χ2v) is 5.00. The third kappa shape index (κ3) is 3.48. The van der Waals surface area contributed by atoms with E-state index in [9.17, 15) is 0 Å². The standard InChI is InChI=1S/C17H23NO/c1-4-10-18-15(11-13(3)5-2)17-12-14-8-6-7-9-16(14)19-17/h6-9,12,15,18H,3-5,10-11H2,1-2H3. The molecule has 2 aromatic rings. The highest BCUT2D eigenvalue weighted by Crippen LogP contribution is 2.28. The Morgan fingerprint density at radius 1 is 1.32 bits per heavy atom. The average Bonchev–Trinajstić information content (AvgIpc) is 2.86. The molecule has 102 valence electrons. The SMILES string of the molecule is C=C(CC)CC(NCCC)c1cc2ccccc2o1. The molecule has 1 heterocycles. The number of nitrogens with one attached hydrogen (secondary N) is 1. The van der Waals surface area contributed by atoms with Crippen molar-refractivity contribution in [1.29, 1.82) is 0 Å². The summed E-state index contributed by atoms with van der Waals surface area (Å²) >= 11 is 0. The van der Waals surface area contributed by atoms with Gasteiger partial charge < -0.3 is 9.73 Å². The fourth-order valence-electron chi connectivity index (χ4n) is 2.20. The molecule has 0 aliphatic rings. The van der Waals surface area contributed by atoms with Crippen LogP contribution in [0.25, 0.3) is 11.0 Å². The van der Waals surface area contributed by atoms with Crippen LogP contribution in [0.3, 0.4) is 0 Å². The summed E-state index contributed by atoms with van der Waals surface area (Å²) in [5.74, 6) is 1.02. The smallest absolute Gasteiger partial charge is 0.134 e. The highest BCUT2D eigenvalue weighted by atomic mass is 16.3. The van der Waals surface area contributed by atoms with Crippen molar-refractivity contribution in [3.8, 4) is 0 Å². The van der Waals surface area contributed by atoms with Gasteiger partial charge in [0.15, 0.2) is 0 Å². The van der Waals surface area contributed by atoms with Gasteiger partial charge in [-0.25, -0.2) is 0 Å². The van der Waals surface area contributed by atoms with Gasteiger partial charge in [0.25, 0.3) is 0 Å². The van der Waals surface area contributed by atoms with Gasteiger partial charge in [0.1, 0.15) is 11.3 Å². The van der Waals surface area contributed by atoms with E-state index in [0.717, 1.165) is 37.2 Å².